The number of hydrogen-bond donors (Lipinski definition) is 1. The van der Waals surface area contributed by atoms with Crippen LogP contribution in [0.4, 0.5) is 5.13 Å². The summed E-state index contributed by atoms with van der Waals surface area (Å²) in [5.74, 6) is -0.931. The molecule has 1 amide bonds. The van der Waals surface area contributed by atoms with Crippen LogP contribution >= 0.6 is 11.3 Å². The van der Waals surface area contributed by atoms with Gasteiger partial charge in [0.1, 0.15) is 11.5 Å². The van der Waals surface area contributed by atoms with Crippen LogP contribution in [0.1, 0.15) is 35.2 Å². The summed E-state index contributed by atoms with van der Waals surface area (Å²) in [5, 5.41) is 11.6. The Balaban J connectivity index is 1.69. The maximum Gasteiger partial charge on any atom is 0.301 e. The molecule has 0 spiro atoms. The van der Waals surface area contributed by atoms with Crippen molar-refractivity contribution in [1.82, 2.24) is 4.98 Å². The molecular formula is C28H24N2O4S. The zero-order chi connectivity index (χ0) is 24.7. The highest BCUT2D eigenvalue weighted by Crippen LogP contribution is 2.44. The molecule has 0 aliphatic carbocycles. The minimum absolute atomic E-state index is 0.0527. The molecule has 3 aromatic carbocycles. The number of ketones is 1. The summed E-state index contributed by atoms with van der Waals surface area (Å²) in [6, 6.07) is 19.6. The van der Waals surface area contributed by atoms with Crippen molar-refractivity contribution in [1.29, 1.82) is 0 Å². The number of amides is 1. The minimum Gasteiger partial charge on any atom is -0.507 e. The van der Waals surface area contributed by atoms with Crippen molar-refractivity contribution in [2.45, 2.75) is 26.8 Å². The van der Waals surface area contributed by atoms with E-state index in [1.807, 2.05) is 75.4 Å². The number of nitrogens with zero attached hydrogens (tertiary/aromatic N) is 2. The van der Waals surface area contributed by atoms with Crippen molar-refractivity contribution in [3.63, 3.8) is 0 Å². The minimum atomic E-state index is -0.802. The maximum absolute atomic E-state index is 13.4. The fourth-order valence-electron chi connectivity index (χ4n) is 4.21. The van der Waals surface area contributed by atoms with E-state index in [0.29, 0.717) is 28.6 Å². The topological polar surface area (TPSA) is 79.7 Å². The maximum atomic E-state index is 13.4. The van der Waals surface area contributed by atoms with E-state index in [9.17, 15) is 14.7 Å². The number of aliphatic hydroxyl groups excluding tert-OH is 1. The molecule has 1 aliphatic heterocycles. The van der Waals surface area contributed by atoms with Crippen molar-refractivity contribution >= 4 is 44.1 Å². The Kier molecular flexibility index (Phi) is 5.86. The molecule has 5 rings (SSSR count). The van der Waals surface area contributed by atoms with E-state index in [1.54, 1.807) is 12.1 Å². The molecule has 4 aromatic rings. The van der Waals surface area contributed by atoms with Gasteiger partial charge >= 0.3 is 5.91 Å². The Bertz CT molecular complexity index is 1470. The molecule has 1 N–H and O–H groups in total. The molecule has 1 aliphatic rings. The first-order valence-electron chi connectivity index (χ1n) is 11.4. The molecule has 6 nitrogen and oxygen atoms in total. The van der Waals surface area contributed by atoms with Gasteiger partial charge in [-0.15, -0.1) is 0 Å². The predicted molar refractivity (Wildman–Crippen MR) is 138 cm³/mol. The zero-order valence-electron chi connectivity index (χ0n) is 19.6. The van der Waals surface area contributed by atoms with E-state index in [1.165, 1.54) is 16.2 Å². The van der Waals surface area contributed by atoms with Gasteiger partial charge < -0.3 is 9.84 Å². The van der Waals surface area contributed by atoms with Crippen LogP contribution < -0.4 is 9.64 Å². The van der Waals surface area contributed by atoms with E-state index in [-0.39, 0.29) is 11.3 Å². The van der Waals surface area contributed by atoms with Crippen molar-refractivity contribution in [2.75, 3.05) is 11.5 Å². The lowest BCUT2D eigenvalue weighted by Gasteiger charge is -2.23. The molecule has 0 saturated carbocycles. The van der Waals surface area contributed by atoms with Gasteiger partial charge in [0.2, 0.25) is 0 Å². The monoisotopic (exact) mass is 484 g/mol. The van der Waals surface area contributed by atoms with Crippen LogP contribution in [0.3, 0.4) is 0 Å². The average Bonchev–Trinajstić information content (AvgIpc) is 3.38. The number of carbonyl (C=O) groups is 2. The SMILES string of the molecule is CCOc1ccc2nc(N3C(=O)C(=O)C(=C(O)c4ccc(C)cc4)[C@H]3c3ccc(C)cc3)sc2c1. The lowest BCUT2D eigenvalue weighted by atomic mass is 9.94. The van der Waals surface area contributed by atoms with Gasteiger partial charge in [-0.25, -0.2) is 4.98 Å². The molecule has 176 valence electrons. The van der Waals surface area contributed by atoms with Crippen molar-refractivity contribution in [2.24, 2.45) is 0 Å². The third kappa shape index (κ3) is 4.08. The first-order valence-corrected chi connectivity index (χ1v) is 12.2. The third-order valence-electron chi connectivity index (χ3n) is 6.03. The molecule has 0 unspecified atom stereocenters. The van der Waals surface area contributed by atoms with Gasteiger partial charge in [0.25, 0.3) is 5.78 Å². The molecule has 2 heterocycles. The van der Waals surface area contributed by atoms with Gasteiger partial charge in [-0.3, -0.25) is 14.5 Å². The number of carbonyl (C=O) groups excluding carboxylic acids is 2. The summed E-state index contributed by atoms with van der Waals surface area (Å²) in [7, 11) is 0. The first-order chi connectivity index (χ1) is 16.9. The van der Waals surface area contributed by atoms with E-state index in [0.717, 1.165) is 21.4 Å². The number of ether oxygens (including phenoxy) is 1. The standard InChI is InChI=1S/C28H24N2O4S/c1-4-34-20-13-14-21-22(15-20)35-28(29-21)30-24(18-9-5-16(2)6-10-18)23(26(32)27(30)33)25(31)19-11-7-17(3)8-12-19/h5-15,24,31H,4H2,1-3H3/t24-/m1/s1. The average molecular weight is 485 g/mol. The number of fused-ring (bicyclic) bond motifs is 1. The van der Waals surface area contributed by atoms with Gasteiger partial charge in [-0.1, -0.05) is 71.0 Å². The third-order valence-corrected chi connectivity index (χ3v) is 7.05. The summed E-state index contributed by atoms with van der Waals surface area (Å²) in [5.41, 5.74) is 4.04. The van der Waals surface area contributed by atoms with E-state index in [2.05, 4.69) is 4.98 Å². The van der Waals surface area contributed by atoms with Gasteiger partial charge in [-0.05, 0) is 44.5 Å². The Labute approximate surface area is 207 Å². The van der Waals surface area contributed by atoms with E-state index in [4.69, 9.17) is 4.74 Å². The smallest absolute Gasteiger partial charge is 0.301 e. The molecular weight excluding hydrogens is 460 g/mol. The van der Waals surface area contributed by atoms with Crippen LogP contribution in [0.25, 0.3) is 16.0 Å². The second-order valence-electron chi connectivity index (χ2n) is 8.50. The van der Waals surface area contributed by atoms with Gasteiger partial charge in [0, 0.05) is 5.56 Å². The number of rotatable bonds is 5. The lowest BCUT2D eigenvalue weighted by molar-refractivity contribution is -0.132. The van der Waals surface area contributed by atoms with Gasteiger partial charge in [0.15, 0.2) is 5.13 Å². The summed E-state index contributed by atoms with van der Waals surface area (Å²) >= 11 is 1.31. The van der Waals surface area contributed by atoms with Crippen LogP contribution in [-0.4, -0.2) is 28.4 Å². The first kappa shape index (κ1) is 22.8. The van der Waals surface area contributed by atoms with E-state index < -0.39 is 17.7 Å². The predicted octanol–water partition coefficient (Wildman–Crippen LogP) is 5.94. The fourth-order valence-corrected chi connectivity index (χ4v) is 5.23. The highest BCUT2D eigenvalue weighted by Gasteiger charge is 2.48. The van der Waals surface area contributed by atoms with Crippen LogP contribution in [0.15, 0.2) is 72.3 Å². The van der Waals surface area contributed by atoms with Crippen LogP contribution in [0.5, 0.6) is 5.75 Å². The zero-order valence-corrected chi connectivity index (χ0v) is 20.4. The highest BCUT2D eigenvalue weighted by molar-refractivity contribution is 7.22. The second-order valence-corrected chi connectivity index (χ2v) is 9.51. The lowest BCUT2D eigenvalue weighted by Crippen LogP contribution is -2.29. The molecule has 35 heavy (non-hydrogen) atoms. The van der Waals surface area contributed by atoms with Crippen molar-refractivity contribution in [3.05, 3.63) is 94.6 Å². The van der Waals surface area contributed by atoms with Crippen LogP contribution in [0, 0.1) is 13.8 Å². The number of aryl methyl sites for hydroxylation is 2. The van der Waals surface area contributed by atoms with Crippen molar-refractivity contribution in [3.8, 4) is 5.75 Å². The Hall–Kier alpha value is -3.97. The molecule has 1 aromatic heterocycles. The number of benzene rings is 3. The molecule has 1 fully saturated rings. The van der Waals surface area contributed by atoms with Crippen LogP contribution in [-0.2, 0) is 9.59 Å². The summed E-state index contributed by atoms with van der Waals surface area (Å²) < 4.78 is 6.44. The normalized spacial score (nSPS) is 17.3. The molecule has 7 heteroatoms. The second kappa shape index (κ2) is 9.00. The molecule has 0 bridgehead atoms. The Morgan fingerprint density at radius 2 is 1.66 bits per heavy atom. The molecule has 1 saturated heterocycles. The summed E-state index contributed by atoms with van der Waals surface area (Å²) in [4.78, 5) is 32.8. The molecule has 1 atom stereocenters. The van der Waals surface area contributed by atoms with Crippen molar-refractivity contribution < 1.29 is 19.4 Å². The summed E-state index contributed by atoms with van der Waals surface area (Å²) in [6.45, 7) is 6.37. The molecule has 0 radical (unpaired) electrons. The Morgan fingerprint density at radius 1 is 1.00 bits per heavy atom. The largest absolute Gasteiger partial charge is 0.507 e. The van der Waals surface area contributed by atoms with E-state index >= 15 is 0 Å². The quantitative estimate of drug-likeness (QED) is 0.215. The highest BCUT2D eigenvalue weighted by atomic mass is 32.1. The number of Topliss-reactive ketones (excluding diaryl/α,β-unsaturated/α-hetero) is 1. The Morgan fingerprint density at radius 3 is 2.31 bits per heavy atom. The number of thiazole rings is 1. The number of hydrogen-bond acceptors (Lipinski definition) is 6. The van der Waals surface area contributed by atoms with Crippen LogP contribution in [0.2, 0.25) is 0 Å². The fraction of sp³-hybridized carbons (Fsp3) is 0.179. The summed E-state index contributed by atoms with van der Waals surface area (Å²) in [6.07, 6.45) is 0. The number of aromatic nitrogens is 1. The number of aliphatic hydroxyl groups is 1. The van der Waals surface area contributed by atoms with Gasteiger partial charge in [-0.2, -0.15) is 0 Å². The number of anilines is 1. The van der Waals surface area contributed by atoms with Gasteiger partial charge in [0.05, 0.1) is 28.4 Å².